The van der Waals surface area contributed by atoms with Gasteiger partial charge in [0.15, 0.2) is 0 Å². The van der Waals surface area contributed by atoms with Crippen LogP contribution in [0.25, 0.3) is 22.2 Å². The minimum absolute atomic E-state index is 0.108. The number of rotatable bonds is 10. The van der Waals surface area contributed by atoms with Crippen molar-refractivity contribution in [2.24, 2.45) is 13.0 Å². The fourth-order valence-corrected chi connectivity index (χ4v) is 5.09. The third kappa shape index (κ3) is 5.20. The number of esters is 1. The summed E-state index contributed by atoms with van der Waals surface area (Å²) in [7, 11) is 3.10. The number of aromatic nitrogens is 5. The van der Waals surface area contributed by atoms with E-state index in [1.807, 2.05) is 22.8 Å². The molecular weight excluding hydrogens is 552 g/mol. The average Bonchev–Trinajstić information content (AvgIpc) is 3.62. The van der Waals surface area contributed by atoms with Gasteiger partial charge in [0.1, 0.15) is 0 Å². The third-order valence-electron chi connectivity index (χ3n) is 6.89. The SMILES string of the molecule is COC(=O)c1cc(-c2cnn(C)c2OCCC[C@@H](C)Cn2c(N)nc3ccc(Br)cc32)c(=O)n(C2CC2)c1. The number of hydrogen-bond acceptors (Lipinski definition) is 7. The number of aryl methyl sites for hydroxylation is 1. The highest BCUT2D eigenvalue weighted by molar-refractivity contribution is 9.10. The first-order chi connectivity index (χ1) is 18.3. The number of nitrogens with two attached hydrogens (primary N) is 1. The number of anilines is 1. The zero-order chi connectivity index (χ0) is 27.0. The second-order valence-electron chi connectivity index (χ2n) is 9.87. The molecule has 0 amide bonds. The van der Waals surface area contributed by atoms with Gasteiger partial charge in [0.05, 0.1) is 47.6 Å². The highest BCUT2D eigenvalue weighted by atomic mass is 79.9. The summed E-state index contributed by atoms with van der Waals surface area (Å²) in [5.41, 5.74) is 9.18. The molecule has 38 heavy (non-hydrogen) atoms. The van der Waals surface area contributed by atoms with Crippen molar-refractivity contribution >= 4 is 38.9 Å². The molecule has 1 aromatic carbocycles. The van der Waals surface area contributed by atoms with Crippen LogP contribution < -0.4 is 16.0 Å². The first kappa shape index (κ1) is 26.0. The number of halogens is 1. The number of ether oxygens (including phenoxy) is 2. The molecule has 0 bridgehead atoms. The van der Waals surface area contributed by atoms with E-state index < -0.39 is 5.97 Å². The number of benzene rings is 1. The third-order valence-corrected chi connectivity index (χ3v) is 7.39. The first-order valence-corrected chi connectivity index (χ1v) is 13.5. The Morgan fingerprint density at radius 2 is 2.05 bits per heavy atom. The molecule has 0 spiro atoms. The first-order valence-electron chi connectivity index (χ1n) is 12.7. The normalized spacial score (nSPS) is 14.1. The van der Waals surface area contributed by atoms with E-state index in [-0.39, 0.29) is 11.6 Å². The van der Waals surface area contributed by atoms with E-state index in [9.17, 15) is 9.59 Å². The molecule has 5 rings (SSSR count). The van der Waals surface area contributed by atoms with Gasteiger partial charge in [-0.15, -0.1) is 0 Å². The summed E-state index contributed by atoms with van der Waals surface area (Å²) < 4.78 is 17.3. The summed E-state index contributed by atoms with van der Waals surface area (Å²) >= 11 is 3.52. The van der Waals surface area contributed by atoms with Crippen LogP contribution in [0.15, 0.2) is 45.9 Å². The molecule has 11 heteroatoms. The number of pyridine rings is 1. The van der Waals surface area contributed by atoms with Gasteiger partial charge >= 0.3 is 5.97 Å². The minimum atomic E-state index is -0.486. The zero-order valence-electron chi connectivity index (χ0n) is 21.7. The summed E-state index contributed by atoms with van der Waals surface area (Å²) in [6.45, 7) is 3.38. The molecule has 0 aliphatic heterocycles. The molecule has 3 heterocycles. The van der Waals surface area contributed by atoms with E-state index in [1.54, 1.807) is 34.8 Å². The molecule has 1 atom stereocenters. The van der Waals surface area contributed by atoms with Gasteiger partial charge in [0, 0.05) is 30.3 Å². The van der Waals surface area contributed by atoms with Crippen molar-refractivity contribution in [3.05, 3.63) is 57.0 Å². The Morgan fingerprint density at radius 3 is 2.79 bits per heavy atom. The maximum Gasteiger partial charge on any atom is 0.339 e. The molecule has 200 valence electrons. The van der Waals surface area contributed by atoms with Crippen molar-refractivity contribution < 1.29 is 14.3 Å². The van der Waals surface area contributed by atoms with Crippen LogP contribution >= 0.6 is 15.9 Å². The summed E-state index contributed by atoms with van der Waals surface area (Å²) in [5, 5.41) is 4.33. The summed E-state index contributed by atoms with van der Waals surface area (Å²) in [5.74, 6) is 0.853. The molecular formula is C27H31BrN6O4. The fraction of sp³-hybridized carbons (Fsp3) is 0.407. The molecule has 1 fully saturated rings. The van der Waals surface area contributed by atoms with Gasteiger partial charge in [-0.3, -0.25) is 4.79 Å². The maximum atomic E-state index is 13.3. The number of hydrogen-bond donors (Lipinski definition) is 1. The van der Waals surface area contributed by atoms with Crippen LogP contribution in [0.5, 0.6) is 5.88 Å². The number of carbonyl (C=O) groups is 1. The topological polar surface area (TPSA) is 119 Å². The molecule has 1 aliphatic carbocycles. The number of imidazole rings is 1. The van der Waals surface area contributed by atoms with E-state index in [4.69, 9.17) is 15.2 Å². The predicted molar refractivity (Wildman–Crippen MR) is 148 cm³/mol. The van der Waals surface area contributed by atoms with Crippen molar-refractivity contribution in [1.29, 1.82) is 0 Å². The number of nitrogen functional groups attached to an aromatic ring is 1. The highest BCUT2D eigenvalue weighted by Gasteiger charge is 2.28. The predicted octanol–water partition coefficient (Wildman–Crippen LogP) is 4.56. The Bertz CT molecular complexity index is 1550. The molecule has 4 aromatic rings. The molecule has 2 N–H and O–H groups in total. The van der Waals surface area contributed by atoms with Gasteiger partial charge in [0.25, 0.3) is 5.56 Å². The van der Waals surface area contributed by atoms with Crippen LogP contribution in [0.1, 0.15) is 49.0 Å². The Kier molecular flexibility index (Phi) is 7.29. The second-order valence-corrected chi connectivity index (χ2v) is 10.8. The molecule has 3 aromatic heterocycles. The van der Waals surface area contributed by atoms with Crippen molar-refractivity contribution in [3.8, 4) is 17.0 Å². The number of methoxy groups -OCH3 is 1. The lowest BCUT2D eigenvalue weighted by molar-refractivity contribution is 0.0599. The summed E-state index contributed by atoms with van der Waals surface area (Å²) in [6.07, 6.45) is 6.73. The van der Waals surface area contributed by atoms with Crippen LogP contribution in [0.4, 0.5) is 5.95 Å². The summed E-state index contributed by atoms with van der Waals surface area (Å²) in [6, 6.07) is 7.62. The minimum Gasteiger partial charge on any atom is -0.477 e. The molecule has 0 saturated heterocycles. The standard InChI is InChI=1S/C27H31BrN6O4/c1-16(14-34-23-12-18(28)6-9-22(23)31-27(34)29)5-4-10-38-25-21(13-30-32(25)2)20-11-17(26(36)37-3)15-33(24(20)35)19-7-8-19/h6,9,11-13,15-16,19H,4-5,7-8,10,14H2,1-3H3,(H2,29,31)/t16-/m1/s1. The molecule has 10 nitrogen and oxygen atoms in total. The molecule has 0 unspecified atom stereocenters. The van der Waals surface area contributed by atoms with Crippen LogP contribution in [0.3, 0.4) is 0 Å². The van der Waals surface area contributed by atoms with Crippen molar-refractivity contribution in [2.45, 2.75) is 45.2 Å². The zero-order valence-corrected chi connectivity index (χ0v) is 23.3. The van der Waals surface area contributed by atoms with Crippen LogP contribution in [0.2, 0.25) is 0 Å². The van der Waals surface area contributed by atoms with Gasteiger partial charge in [-0.25, -0.2) is 14.5 Å². The van der Waals surface area contributed by atoms with Gasteiger partial charge in [-0.1, -0.05) is 22.9 Å². The Labute approximate surface area is 228 Å². The van der Waals surface area contributed by atoms with Gasteiger partial charge < -0.3 is 24.3 Å². The van der Waals surface area contributed by atoms with Crippen molar-refractivity contribution in [1.82, 2.24) is 23.9 Å². The lowest BCUT2D eigenvalue weighted by Gasteiger charge is -2.15. The highest BCUT2D eigenvalue weighted by Crippen LogP contribution is 2.35. The van der Waals surface area contributed by atoms with Gasteiger partial charge in [-0.2, -0.15) is 5.10 Å². The van der Waals surface area contributed by atoms with E-state index in [1.165, 1.54) is 7.11 Å². The Morgan fingerprint density at radius 1 is 1.26 bits per heavy atom. The van der Waals surface area contributed by atoms with Crippen LogP contribution in [-0.2, 0) is 18.3 Å². The summed E-state index contributed by atoms with van der Waals surface area (Å²) in [4.78, 5) is 30.0. The molecule has 1 saturated carbocycles. The number of nitrogens with zero attached hydrogens (tertiary/aromatic N) is 5. The van der Waals surface area contributed by atoms with E-state index in [0.717, 1.165) is 47.7 Å². The van der Waals surface area contributed by atoms with E-state index in [2.05, 4.69) is 32.9 Å². The smallest absolute Gasteiger partial charge is 0.339 e. The average molecular weight is 583 g/mol. The lowest BCUT2D eigenvalue weighted by atomic mass is 10.1. The quantitative estimate of drug-likeness (QED) is 0.215. The van der Waals surface area contributed by atoms with E-state index >= 15 is 0 Å². The van der Waals surface area contributed by atoms with Crippen LogP contribution in [0, 0.1) is 5.92 Å². The Balaban J connectivity index is 1.28. The second kappa shape index (κ2) is 10.6. The fourth-order valence-electron chi connectivity index (χ4n) is 4.74. The number of carbonyl (C=O) groups excluding carboxylic acids is 1. The van der Waals surface area contributed by atoms with Gasteiger partial charge in [-0.05, 0) is 55.9 Å². The lowest BCUT2D eigenvalue weighted by Crippen LogP contribution is -2.22. The number of fused-ring (bicyclic) bond motifs is 1. The maximum absolute atomic E-state index is 13.3. The van der Waals surface area contributed by atoms with Crippen LogP contribution in [-0.4, -0.2) is 43.6 Å². The van der Waals surface area contributed by atoms with E-state index in [0.29, 0.717) is 41.0 Å². The Hall–Kier alpha value is -3.60. The largest absolute Gasteiger partial charge is 0.477 e. The molecule has 1 aliphatic rings. The van der Waals surface area contributed by atoms with Gasteiger partial charge in [0.2, 0.25) is 11.8 Å². The molecule has 0 radical (unpaired) electrons. The van der Waals surface area contributed by atoms with Crippen molar-refractivity contribution in [3.63, 3.8) is 0 Å². The monoisotopic (exact) mass is 582 g/mol. The van der Waals surface area contributed by atoms with Crippen molar-refractivity contribution in [2.75, 3.05) is 19.5 Å².